The maximum absolute atomic E-state index is 14.0. The van der Waals surface area contributed by atoms with E-state index in [9.17, 15) is 48.6 Å². The van der Waals surface area contributed by atoms with Crippen LogP contribution in [0.3, 0.4) is 0 Å². The Bertz CT molecular complexity index is 1640. The molecule has 1 aromatic rings. The molecule has 2 aliphatic rings. The van der Waals surface area contributed by atoms with Crippen LogP contribution in [0.15, 0.2) is 30.3 Å². The molecule has 60 heavy (non-hydrogen) atoms. The van der Waals surface area contributed by atoms with Gasteiger partial charge in [0.1, 0.15) is 36.3 Å². The van der Waals surface area contributed by atoms with E-state index < -0.39 is 89.8 Å². The van der Waals surface area contributed by atoms with Gasteiger partial charge in [-0.1, -0.05) is 56.5 Å². The average molecular weight is 879 g/mol. The lowest BCUT2D eigenvalue weighted by atomic mass is 10.0. The van der Waals surface area contributed by atoms with E-state index in [0.29, 0.717) is 37.9 Å². The van der Waals surface area contributed by atoms with Crippen LogP contribution in [0, 0.1) is 0 Å². The number of unbranched alkanes of at least 4 members (excludes halogenated alkanes) is 3. The summed E-state index contributed by atoms with van der Waals surface area (Å²) in [5.41, 5.74) is 5.98. The number of carboxylic acids is 1. The van der Waals surface area contributed by atoms with Crippen LogP contribution in [-0.4, -0.2) is 147 Å². The minimum Gasteiger partial charge on any atom is -0.480 e. The summed E-state index contributed by atoms with van der Waals surface area (Å²) in [7, 11) is 0. The van der Waals surface area contributed by atoms with Gasteiger partial charge in [0, 0.05) is 37.4 Å². The number of nitrogens with zero attached hydrogens (tertiary/aromatic N) is 2. The lowest BCUT2D eigenvalue weighted by molar-refractivity contribution is -0.147. The molecule has 2 saturated heterocycles. The zero-order valence-corrected chi connectivity index (χ0v) is 36.1. The maximum Gasteiger partial charge on any atom is 0.327 e. The van der Waals surface area contributed by atoms with E-state index in [1.165, 1.54) is 11.8 Å². The fourth-order valence-electron chi connectivity index (χ4n) is 7.30. The predicted molar refractivity (Wildman–Crippen MR) is 229 cm³/mol. The lowest BCUT2D eigenvalue weighted by Gasteiger charge is -2.33. The largest absolute Gasteiger partial charge is 0.480 e. The summed E-state index contributed by atoms with van der Waals surface area (Å²) in [6.07, 6.45) is 3.61. The van der Waals surface area contributed by atoms with Crippen LogP contribution >= 0.6 is 25.3 Å². The van der Waals surface area contributed by atoms with Gasteiger partial charge >= 0.3 is 5.97 Å². The van der Waals surface area contributed by atoms with Gasteiger partial charge in [0.15, 0.2) is 0 Å². The number of carbonyl (C=O) groups is 8. The number of hydrogen-bond acceptors (Lipinski definition) is 12. The molecule has 0 spiro atoms. The summed E-state index contributed by atoms with van der Waals surface area (Å²) in [6.45, 7) is 4.63. The molecule has 2 aliphatic heterocycles. The molecule has 0 aliphatic carbocycles. The number of likely N-dealkylation sites (tertiary alicyclic amines) is 2. The molecule has 0 aromatic heterocycles. The van der Waals surface area contributed by atoms with Gasteiger partial charge in [-0.3, -0.25) is 33.6 Å². The number of carbonyl (C=O) groups excluding carboxylic acids is 7. The van der Waals surface area contributed by atoms with E-state index in [4.69, 9.17) is 5.73 Å². The third-order valence-electron chi connectivity index (χ3n) is 10.6. The Morgan fingerprint density at radius 2 is 1.38 bits per heavy atom. The number of benzene rings is 1. The first-order valence-electron chi connectivity index (χ1n) is 20.6. The van der Waals surface area contributed by atoms with Crippen molar-refractivity contribution in [2.75, 3.05) is 31.1 Å². The second-order valence-corrected chi connectivity index (χ2v) is 16.0. The fraction of sp³-hybridized carbons (Fsp3) is 0.650. The van der Waals surface area contributed by atoms with Crippen molar-refractivity contribution in [2.45, 2.75) is 133 Å². The van der Waals surface area contributed by atoms with Crippen molar-refractivity contribution in [3.63, 3.8) is 0 Å². The molecule has 0 saturated carbocycles. The average Bonchev–Trinajstić information content (AvgIpc) is 3.92. The molecule has 18 nitrogen and oxygen atoms in total. The second kappa shape index (κ2) is 25.4. The minimum absolute atomic E-state index is 0.0741. The first-order valence-corrected chi connectivity index (χ1v) is 21.9. The van der Waals surface area contributed by atoms with Crippen molar-refractivity contribution in [2.24, 2.45) is 5.73 Å². The Hall–Kier alpha value is -4.40. The SMILES string of the molecule is CCCCCCN[C@@H](CS)C(=O)N1CCC[C@H]1C(=O)N1CCC[C@H]1C(=O)N[C@H](C(=O)N[C@@H](CCC(N)=O)C(=O)N[C@@H](Cc1ccccc1)C(=O)N[C@@H](CS)C(=O)O)[C@@H](C)O. The van der Waals surface area contributed by atoms with E-state index >= 15 is 0 Å². The Balaban J connectivity index is 1.75. The van der Waals surface area contributed by atoms with Crippen LogP contribution in [0.2, 0.25) is 0 Å². The smallest absolute Gasteiger partial charge is 0.327 e. The van der Waals surface area contributed by atoms with Gasteiger partial charge in [0.2, 0.25) is 41.4 Å². The number of primary amides is 1. The minimum atomic E-state index is -1.63. The zero-order valence-electron chi connectivity index (χ0n) is 34.3. The number of aliphatic hydroxyl groups is 1. The van der Waals surface area contributed by atoms with Crippen molar-refractivity contribution in [3.05, 3.63) is 35.9 Å². The molecule has 0 radical (unpaired) electrons. The fourth-order valence-corrected chi connectivity index (χ4v) is 7.83. The topological polar surface area (TPSA) is 270 Å². The number of aliphatic carboxylic acids is 1. The lowest BCUT2D eigenvalue weighted by Crippen LogP contribution is -2.61. The highest BCUT2D eigenvalue weighted by Crippen LogP contribution is 2.26. The van der Waals surface area contributed by atoms with Crippen LogP contribution in [0.5, 0.6) is 0 Å². The molecule has 20 heteroatoms. The van der Waals surface area contributed by atoms with Crippen LogP contribution in [-0.2, 0) is 44.8 Å². The second-order valence-electron chi connectivity index (χ2n) is 15.3. The number of thiol groups is 2. The first-order chi connectivity index (χ1) is 28.6. The Labute approximate surface area is 362 Å². The molecule has 0 unspecified atom stereocenters. The van der Waals surface area contributed by atoms with Crippen LogP contribution < -0.4 is 32.3 Å². The predicted octanol–water partition coefficient (Wildman–Crippen LogP) is -0.721. The number of nitrogens with one attached hydrogen (secondary N) is 5. The van der Waals surface area contributed by atoms with Gasteiger partial charge in [-0.05, 0) is 57.6 Å². The van der Waals surface area contributed by atoms with Gasteiger partial charge in [-0.2, -0.15) is 25.3 Å². The Kier molecular flexibility index (Phi) is 21.1. The highest BCUT2D eigenvalue weighted by Gasteiger charge is 2.44. The standard InChI is InChI=1S/C40H62N8O10S2/c1-3-4-5-9-18-42-28(22-59)38(55)48-20-11-15-31(48)39(56)47-19-10-14-30(47)36(53)46-33(24(2)49)37(54)43-26(16-17-32(41)50)34(51)44-27(21-25-12-7-6-8-13-25)35(52)45-29(23-60)40(57)58/h6-8,12-13,24,26-31,33,42,49,59-60H,3-5,9-11,14-23H2,1-2H3,(H2,41,50)(H,43,54)(H,44,51)(H,45,52)(H,46,53)(H,57,58)/t24-,26+,27+,28+,29+,30+,31+,33+/m1/s1. The van der Waals surface area contributed by atoms with Crippen molar-refractivity contribution in [3.8, 4) is 0 Å². The molecule has 0 bridgehead atoms. The first kappa shape index (κ1) is 50.0. The Morgan fingerprint density at radius 3 is 1.98 bits per heavy atom. The zero-order chi connectivity index (χ0) is 44.4. The highest BCUT2D eigenvalue weighted by molar-refractivity contribution is 7.80. The third kappa shape index (κ3) is 14.9. The van der Waals surface area contributed by atoms with Crippen molar-refractivity contribution in [1.29, 1.82) is 0 Å². The Morgan fingerprint density at radius 1 is 0.783 bits per heavy atom. The molecular formula is C40H62N8O10S2. The highest BCUT2D eigenvalue weighted by atomic mass is 32.1. The molecular weight excluding hydrogens is 817 g/mol. The summed E-state index contributed by atoms with van der Waals surface area (Å²) in [5, 5.41) is 33.3. The van der Waals surface area contributed by atoms with Crippen molar-refractivity contribution >= 4 is 72.6 Å². The van der Waals surface area contributed by atoms with Crippen molar-refractivity contribution < 1.29 is 48.6 Å². The maximum atomic E-state index is 14.0. The van der Waals surface area contributed by atoms with E-state index in [1.807, 2.05) is 0 Å². The van der Waals surface area contributed by atoms with E-state index in [0.717, 1.165) is 25.7 Å². The van der Waals surface area contributed by atoms with Gasteiger partial charge in [-0.15, -0.1) is 0 Å². The number of carboxylic acid groups (broad SMARTS) is 1. The van der Waals surface area contributed by atoms with Crippen molar-refractivity contribution in [1.82, 2.24) is 36.4 Å². The normalized spacial score (nSPS) is 19.3. The summed E-state index contributed by atoms with van der Waals surface area (Å²) < 4.78 is 0. The molecule has 1 aromatic carbocycles. The van der Waals surface area contributed by atoms with Gasteiger partial charge < -0.3 is 52.3 Å². The molecule has 8 atom stereocenters. The molecule has 334 valence electrons. The van der Waals surface area contributed by atoms with Crippen LogP contribution in [0.4, 0.5) is 0 Å². The molecule has 3 rings (SSSR count). The number of amides is 7. The molecule has 2 fully saturated rings. The number of hydrogen-bond donors (Lipinski definition) is 10. The molecule has 7 amide bonds. The number of rotatable bonds is 25. The summed E-state index contributed by atoms with van der Waals surface area (Å²) in [5.74, 6) is -6.26. The van der Waals surface area contributed by atoms with Gasteiger partial charge in [0.25, 0.3) is 0 Å². The number of aliphatic hydroxyl groups excluding tert-OH is 1. The van der Waals surface area contributed by atoms with Gasteiger partial charge in [0.05, 0.1) is 12.1 Å². The third-order valence-corrected chi connectivity index (χ3v) is 11.4. The molecule has 2 heterocycles. The van der Waals surface area contributed by atoms with E-state index in [1.54, 1.807) is 35.2 Å². The monoisotopic (exact) mass is 878 g/mol. The molecule has 9 N–H and O–H groups in total. The van der Waals surface area contributed by atoms with Crippen LogP contribution in [0.25, 0.3) is 0 Å². The van der Waals surface area contributed by atoms with Gasteiger partial charge in [-0.25, -0.2) is 4.79 Å². The van der Waals surface area contributed by atoms with E-state index in [2.05, 4.69) is 58.8 Å². The van der Waals surface area contributed by atoms with E-state index in [-0.39, 0.29) is 49.6 Å². The summed E-state index contributed by atoms with van der Waals surface area (Å²) in [4.78, 5) is 109. The van der Waals surface area contributed by atoms with Crippen LogP contribution in [0.1, 0.15) is 83.6 Å². The summed E-state index contributed by atoms with van der Waals surface area (Å²) >= 11 is 8.37. The summed E-state index contributed by atoms with van der Waals surface area (Å²) in [6, 6.07) is 0.333. The quantitative estimate of drug-likeness (QED) is 0.0433. The number of nitrogens with two attached hydrogens (primary N) is 1.